The van der Waals surface area contributed by atoms with Crippen molar-refractivity contribution in [2.24, 2.45) is 0 Å². The Morgan fingerprint density at radius 1 is 1.40 bits per heavy atom. The molecule has 0 saturated carbocycles. The fraction of sp³-hybridized carbons (Fsp3) is 0.533. The molecule has 0 bridgehead atoms. The van der Waals surface area contributed by atoms with Crippen molar-refractivity contribution in [3.8, 4) is 0 Å². The zero-order valence-corrected chi connectivity index (χ0v) is 13.2. The van der Waals surface area contributed by atoms with Gasteiger partial charge in [-0.3, -0.25) is 4.79 Å². The maximum absolute atomic E-state index is 12.2. The van der Waals surface area contributed by atoms with Crippen LogP contribution >= 0.6 is 12.4 Å². The van der Waals surface area contributed by atoms with E-state index in [4.69, 9.17) is 0 Å². The molecule has 1 amide bonds. The van der Waals surface area contributed by atoms with E-state index in [2.05, 4.69) is 22.3 Å². The fourth-order valence-electron chi connectivity index (χ4n) is 2.25. The van der Waals surface area contributed by atoms with Crippen LogP contribution in [0.3, 0.4) is 0 Å². The molecule has 2 rings (SSSR count). The maximum Gasteiger partial charge on any atom is 0.242 e. The van der Waals surface area contributed by atoms with Crippen molar-refractivity contribution in [2.45, 2.75) is 26.4 Å². The summed E-state index contributed by atoms with van der Waals surface area (Å²) in [5.41, 5.74) is 2.44. The van der Waals surface area contributed by atoms with Crippen molar-refractivity contribution in [1.29, 1.82) is 0 Å². The van der Waals surface area contributed by atoms with E-state index in [0.717, 1.165) is 19.6 Å². The van der Waals surface area contributed by atoms with Crippen LogP contribution in [0.5, 0.6) is 0 Å². The molecule has 1 aliphatic heterocycles. The summed E-state index contributed by atoms with van der Waals surface area (Å²) in [5.74, 6) is 0.173. The highest BCUT2D eigenvalue weighted by molar-refractivity contribution is 5.85. The van der Waals surface area contributed by atoms with Crippen molar-refractivity contribution in [3.05, 3.63) is 29.8 Å². The molecule has 4 nitrogen and oxygen atoms in total. The van der Waals surface area contributed by atoms with Gasteiger partial charge in [0, 0.05) is 38.4 Å². The van der Waals surface area contributed by atoms with Crippen molar-refractivity contribution in [2.75, 3.05) is 31.6 Å². The second-order valence-electron chi connectivity index (χ2n) is 5.33. The third-order valence-electron chi connectivity index (χ3n) is 3.70. The summed E-state index contributed by atoms with van der Waals surface area (Å²) >= 11 is 0. The number of hydrogen-bond donors (Lipinski definition) is 1. The maximum atomic E-state index is 12.2. The molecule has 1 aromatic carbocycles. The van der Waals surface area contributed by atoms with Crippen molar-refractivity contribution in [3.63, 3.8) is 0 Å². The second kappa shape index (κ2) is 7.50. The number of anilines is 1. The average molecular weight is 298 g/mol. The summed E-state index contributed by atoms with van der Waals surface area (Å²) in [6, 6.07) is 8.55. The van der Waals surface area contributed by atoms with Gasteiger partial charge in [0.25, 0.3) is 0 Å². The molecule has 20 heavy (non-hydrogen) atoms. The number of fused-ring (bicyclic) bond motifs is 1. The van der Waals surface area contributed by atoms with Gasteiger partial charge in [0.15, 0.2) is 0 Å². The Labute approximate surface area is 127 Å². The summed E-state index contributed by atoms with van der Waals surface area (Å²) in [6.07, 6.45) is 0. The number of rotatable bonds is 3. The minimum absolute atomic E-state index is 0. The molecule has 0 aliphatic carbocycles. The van der Waals surface area contributed by atoms with Crippen LogP contribution in [0, 0.1) is 0 Å². The summed E-state index contributed by atoms with van der Waals surface area (Å²) in [6.45, 7) is 7.18. The van der Waals surface area contributed by atoms with E-state index in [-0.39, 0.29) is 24.4 Å². The van der Waals surface area contributed by atoms with Crippen LogP contribution in [0.15, 0.2) is 24.3 Å². The second-order valence-corrected chi connectivity index (χ2v) is 5.33. The minimum atomic E-state index is 0. The highest BCUT2D eigenvalue weighted by atomic mass is 35.5. The van der Waals surface area contributed by atoms with Crippen LogP contribution in [0.1, 0.15) is 19.4 Å². The smallest absolute Gasteiger partial charge is 0.242 e. The minimum Gasteiger partial charge on any atom is -0.361 e. The number of benzene rings is 1. The fourth-order valence-corrected chi connectivity index (χ4v) is 2.25. The molecule has 0 unspecified atom stereocenters. The Hall–Kier alpha value is -1.26. The first kappa shape index (κ1) is 16.8. The summed E-state index contributed by atoms with van der Waals surface area (Å²) in [4.78, 5) is 16.2. The molecule has 112 valence electrons. The molecule has 0 saturated heterocycles. The normalized spacial score (nSPS) is 14.3. The zero-order chi connectivity index (χ0) is 13.8. The van der Waals surface area contributed by atoms with Crippen LogP contribution in [-0.4, -0.2) is 43.5 Å². The van der Waals surface area contributed by atoms with Gasteiger partial charge in [-0.25, -0.2) is 0 Å². The van der Waals surface area contributed by atoms with Crippen LogP contribution in [-0.2, 0) is 11.3 Å². The number of carbonyl (C=O) groups excluding carboxylic acids is 1. The molecule has 0 aromatic heterocycles. The van der Waals surface area contributed by atoms with E-state index in [1.54, 1.807) is 4.90 Å². The van der Waals surface area contributed by atoms with Gasteiger partial charge in [-0.1, -0.05) is 18.2 Å². The van der Waals surface area contributed by atoms with Gasteiger partial charge in [-0.15, -0.1) is 12.4 Å². The molecule has 0 fully saturated rings. The lowest BCUT2D eigenvalue weighted by Gasteiger charge is -2.28. The number of amides is 1. The van der Waals surface area contributed by atoms with E-state index in [9.17, 15) is 4.79 Å². The molecule has 1 aromatic rings. The highest BCUT2D eigenvalue weighted by Crippen LogP contribution is 2.21. The Kier molecular flexibility index (Phi) is 6.30. The lowest BCUT2D eigenvalue weighted by atomic mass is 10.1. The molecule has 5 heteroatoms. The molecule has 1 heterocycles. The van der Waals surface area contributed by atoms with Crippen molar-refractivity contribution in [1.82, 2.24) is 10.2 Å². The van der Waals surface area contributed by atoms with Gasteiger partial charge in [-0.05, 0) is 25.5 Å². The monoisotopic (exact) mass is 297 g/mol. The molecule has 1 N–H and O–H groups in total. The van der Waals surface area contributed by atoms with Gasteiger partial charge < -0.3 is 15.1 Å². The van der Waals surface area contributed by atoms with Crippen molar-refractivity contribution < 1.29 is 4.79 Å². The molecular formula is C15H24ClN3O. The number of likely N-dealkylation sites (N-methyl/N-ethyl adjacent to an activating group) is 1. The number of carbonyl (C=O) groups is 1. The first-order valence-electron chi connectivity index (χ1n) is 6.89. The topological polar surface area (TPSA) is 35.6 Å². The van der Waals surface area contributed by atoms with Gasteiger partial charge in [0.1, 0.15) is 0 Å². The van der Waals surface area contributed by atoms with Gasteiger partial charge in [0.05, 0.1) is 6.54 Å². The number of halogens is 1. The lowest BCUT2D eigenvalue weighted by Crippen LogP contribution is -2.42. The average Bonchev–Trinajstić information content (AvgIpc) is 2.60. The Bertz CT molecular complexity index is 450. The molecule has 0 radical (unpaired) electrons. The van der Waals surface area contributed by atoms with Crippen molar-refractivity contribution >= 4 is 24.0 Å². The lowest BCUT2D eigenvalue weighted by molar-refractivity contribution is -0.129. The Morgan fingerprint density at radius 3 is 2.80 bits per heavy atom. The molecule has 1 aliphatic rings. The standard InChI is InChI=1S/C15H23N3O.ClH/c1-12(2)17(3)15(19)11-18-9-8-16-10-13-6-4-5-7-14(13)18;/h4-7,12,16H,8-11H2,1-3H3;1H. The first-order chi connectivity index (χ1) is 9.09. The van der Waals surface area contributed by atoms with Crippen LogP contribution in [0.4, 0.5) is 5.69 Å². The Morgan fingerprint density at radius 2 is 2.10 bits per heavy atom. The van der Waals surface area contributed by atoms with E-state index < -0.39 is 0 Å². The van der Waals surface area contributed by atoms with Crippen LogP contribution < -0.4 is 10.2 Å². The van der Waals surface area contributed by atoms with Crippen LogP contribution in [0.2, 0.25) is 0 Å². The molecule has 0 atom stereocenters. The number of para-hydroxylation sites is 1. The third kappa shape index (κ3) is 3.87. The summed E-state index contributed by atoms with van der Waals surface area (Å²) in [5, 5.41) is 3.39. The third-order valence-corrected chi connectivity index (χ3v) is 3.70. The highest BCUT2D eigenvalue weighted by Gasteiger charge is 2.19. The summed E-state index contributed by atoms with van der Waals surface area (Å²) in [7, 11) is 1.87. The van der Waals surface area contributed by atoms with E-state index in [0.29, 0.717) is 6.54 Å². The number of nitrogens with one attached hydrogen (secondary N) is 1. The van der Waals surface area contributed by atoms with E-state index >= 15 is 0 Å². The summed E-state index contributed by atoms with van der Waals surface area (Å²) < 4.78 is 0. The van der Waals surface area contributed by atoms with Gasteiger partial charge in [0.2, 0.25) is 5.91 Å². The van der Waals surface area contributed by atoms with Gasteiger partial charge >= 0.3 is 0 Å². The van der Waals surface area contributed by atoms with E-state index in [1.165, 1.54) is 11.3 Å². The quantitative estimate of drug-likeness (QED) is 0.925. The molecule has 0 spiro atoms. The predicted octanol–water partition coefficient (Wildman–Crippen LogP) is 1.88. The number of hydrogen-bond acceptors (Lipinski definition) is 3. The SMILES string of the molecule is CC(C)N(C)C(=O)CN1CCNCc2ccccc21.Cl. The van der Waals surface area contributed by atoms with E-state index in [1.807, 2.05) is 33.0 Å². The zero-order valence-electron chi connectivity index (χ0n) is 12.4. The Balaban J connectivity index is 0.00000200. The molecular weight excluding hydrogens is 274 g/mol. The predicted molar refractivity (Wildman–Crippen MR) is 85.5 cm³/mol. The number of nitrogens with zero attached hydrogens (tertiary/aromatic N) is 2. The van der Waals surface area contributed by atoms with Gasteiger partial charge in [-0.2, -0.15) is 0 Å². The largest absolute Gasteiger partial charge is 0.361 e. The first-order valence-corrected chi connectivity index (χ1v) is 6.89. The van der Waals surface area contributed by atoms with Crippen LogP contribution in [0.25, 0.3) is 0 Å².